The van der Waals surface area contributed by atoms with Gasteiger partial charge in [0.05, 0.1) is 40.9 Å². The first kappa shape index (κ1) is 34.9. The maximum absolute atomic E-state index is 15.2. The molecule has 2 aliphatic carbocycles. The average Bonchev–Trinajstić information content (AvgIpc) is 3.85. The molecular weight excluding hydrogens is 748 g/mol. The highest BCUT2D eigenvalue weighted by Gasteiger charge is 2.68. The molecule has 56 heavy (non-hydrogen) atoms. The molecule has 0 radical (unpaired) electrons. The minimum Gasteiger partial charge on any atom is -0.508 e. The van der Waals surface area contributed by atoms with Crippen LogP contribution in [0, 0.1) is 41.9 Å². The van der Waals surface area contributed by atoms with E-state index in [1.807, 2.05) is 68.5 Å². The largest absolute Gasteiger partial charge is 0.508 e. The molecule has 4 amide bonds. The van der Waals surface area contributed by atoms with Crippen molar-refractivity contribution >= 4 is 62.5 Å². The van der Waals surface area contributed by atoms with Crippen molar-refractivity contribution in [1.29, 1.82) is 0 Å². The highest BCUT2D eigenvalue weighted by atomic mass is 35.5. The molecule has 5 heterocycles. The minimum atomic E-state index is -1.25. The second-order valence-electron chi connectivity index (χ2n) is 15.9. The number of aryl methyl sites for hydroxylation is 2. The van der Waals surface area contributed by atoms with E-state index in [0.29, 0.717) is 35.1 Å². The summed E-state index contributed by atoms with van der Waals surface area (Å²) in [4.78, 5) is 62.2. The molecule has 282 valence electrons. The number of rotatable bonds is 5. The van der Waals surface area contributed by atoms with E-state index in [0.717, 1.165) is 42.8 Å². The lowest BCUT2D eigenvalue weighted by Gasteiger charge is -2.49. The summed E-state index contributed by atoms with van der Waals surface area (Å²) in [5.74, 6) is -3.18. The van der Waals surface area contributed by atoms with Crippen molar-refractivity contribution in [2.24, 2.45) is 42.1 Å². The normalized spacial score (nSPS) is 26.8. The fourth-order valence-electron chi connectivity index (χ4n) is 10.3. The Morgan fingerprint density at radius 3 is 2.59 bits per heavy atom. The standard InChI is InChI=1S/C44H37ClN4O6S/c1-22-30-17-26(45)9-14-35(30)56-39(22)33-19-36(47(3)46-33)49-41(52)32-18-31-28(11-12-29-37(31)42(53)48(40(29)51)20-23-7-5-4-6-8-23)38(44(32,2)43(49)54)25-15-24-16-27(50)10-13-34(24)55-21-25/h4-11,13-14,16-17,19,21,29,31-32,37-38,50H,12,15,18,20H2,1-3H3/t29-,31+,32-,37-,38-,44+/m0/s1. The van der Waals surface area contributed by atoms with Crippen LogP contribution in [0.1, 0.15) is 36.5 Å². The van der Waals surface area contributed by atoms with Gasteiger partial charge in [0, 0.05) is 40.7 Å². The Kier molecular flexibility index (Phi) is 7.79. The van der Waals surface area contributed by atoms with E-state index in [4.69, 9.17) is 21.4 Å². The molecule has 5 aromatic rings. The number of imide groups is 2. The van der Waals surface area contributed by atoms with Gasteiger partial charge in [-0.2, -0.15) is 5.10 Å². The molecule has 5 aliphatic rings. The van der Waals surface area contributed by atoms with E-state index in [1.54, 1.807) is 53.6 Å². The number of carbonyl (C=O) groups excluding carboxylic acids is 4. The lowest BCUT2D eigenvalue weighted by Crippen LogP contribution is -2.51. The zero-order chi connectivity index (χ0) is 38.8. The van der Waals surface area contributed by atoms with Crippen LogP contribution >= 0.6 is 22.9 Å². The number of allylic oxidation sites excluding steroid dienone is 3. The van der Waals surface area contributed by atoms with Crippen LogP contribution in [0.25, 0.3) is 20.7 Å². The summed E-state index contributed by atoms with van der Waals surface area (Å²) in [6.07, 6.45) is 4.68. The van der Waals surface area contributed by atoms with Gasteiger partial charge in [-0.1, -0.05) is 53.6 Å². The predicted octanol–water partition coefficient (Wildman–Crippen LogP) is 7.75. The Morgan fingerprint density at radius 1 is 0.982 bits per heavy atom. The zero-order valence-electron chi connectivity index (χ0n) is 30.9. The van der Waals surface area contributed by atoms with Crippen molar-refractivity contribution in [1.82, 2.24) is 14.7 Å². The predicted molar refractivity (Wildman–Crippen MR) is 212 cm³/mol. The average molecular weight is 785 g/mol. The number of hydrogen-bond acceptors (Lipinski definition) is 8. The number of anilines is 1. The van der Waals surface area contributed by atoms with Crippen LogP contribution in [0.3, 0.4) is 0 Å². The third-order valence-electron chi connectivity index (χ3n) is 12.9. The van der Waals surface area contributed by atoms with Crippen molar-refractivity contribution < 1.29 is 29.0 Å². The van der Waals surface area contributed by atoms with Crippen molar-refractivity contribution in [3.63, 3.8) is 0 Å². The van der Waals surface area contributed by atoms with Gasteiger partial charge < -0.3 is 9.84 Å². The van der Waals surface area contributed by atoms with Crippen LogP contribution in [-0.4, -0.2) is 43.4 Å². The summed E-state index contributed by atoms with van der Waals surface area (Å²) in [5, 5.41) is 16.9. The summed E-state index contributed by atoms with van der Waals surface area (Å²) in [7, 11) is 1.73. The van der Waals surface area contributed by atoms with Gasteiger partial charge in [-0.25, -0.2) is 4.90 Å². The van der Waals surface area contributed by atoms with Crippen LogP contribution in [-0.2, 0) is 39.2 Å². The molecule has 3 fully saturated rings. The zero-order valence-corrected chi connectivity index (χ0v) is 32.4. The first-order valence-electron chi connectivity index (χ1n) is 18.8. The number of ether oxygens (including phenoxy) is 1. The lowest BCUT2D eigenvalue weighted by molar-refractivity contribution is -0.141. The molecule has 3 aromatic carbocycles. The molecule has 2 saturated heterocycles. The van der Waals surface area contributed by atoms with E-state index in [9.17, 15) is 19.5 Å². The maximum Gasteiger partial charge on any atom is 0.242 e. The van der Waals surface area contributed by atoms with Crippen molar-refractivity contribution in [3.8, 4) is 22.1 Å². The quantitative estimate of drug-likeness (QED) is 0.143. The summed E-state index contributed by atoms with van der Waals surface area (Å²) in [5.41, 5.74) is 3.68. The summed E-state index contributed by atoms with van der Waals surface area (Å²) >= 11 is 7.91. The fourth-order valence-corrected chi connectivity index (χ4v) is 11.6. The highest BCUT2D eigenvalue weighted by molar-refractivity contribution is 7.22. The summed E-state index contributed by atoms with van der Waals surface area (Å²) in [6, 6.07) is 22.0. The van der Waals surface area contributed by atoms with E-state index in [-0.39, 0.29) is 42.3 Å². The van der Waals surface area contributed by atoms with Gasteiger partial charge >= 0.3 is 0 Å². The topological polar surface area (TPSA) is 122 Å². The number of phenolic OH excluding ortho intramolecular Hbond substituents is 1. The van der Waals surface area contributed by atoms with E-state index < -0.39 is 35.0 Å². The van der Waals surface area contributed by atoms with Gasteiger partial charge in [0.15, 0.2) is 0 Å². The Hall–Kier alpha value is -5.52. The molecule has 0 unspecified atom stereocenters. The number of amides is 4. The molecule has 2 aromatic heterocycles. The number of phenols is 1. The van der Waals surface area contributed by atoms with Crippen LogP contribution in [0.5, 0.6) is 11.5 Å². The third kappa shape index (κ3) is 4.96. The van der Waals surface area contributed by atoms with E-state index in [1.165, 1.54) is 9.80 Å². The molecule has 1 saturated carbocycles. The second-order valence-corrected chi connectivity index (χ2v) is 17.4. The summed E-state index contributed by atoms with van der Waals surface area (Å²) < 4.78 is 8.79. The Balaban J connectivity index is 1.07. The van der Waals surface area contributed by atoms with Crippen molar-refractivity contribution in [3.05, 3.63) is 118 Å². The first-order valence-corrected chi connectivity index (χ1v) is 20.0. The molecule has 10 nitrogen and oxygen atoms in total. The van der Waals surface area contributed by atoms with Gasteiger partial charge in [0.25, 0.3) is 0 Å². The Labute approximate surface area is 331 Å². The van der Waals surface area contributed by atoms with Crippen LogP contribution in [0.2, 0.25) is 5.02 Å². The SMILES string of the molecule is Cc1c(-c2cc(N3C(=O)[C@@H]4C[C@@H]5C(=CC[C@@H]6C(=O)N(Cc7ccccc7)C(=O)[C@@H]65)[C@H](C5=COc6ccc(O)cc6C5)[C@]4(C)C3=O)n(C)n2)sc2ccc(Cl)cc12. The second kappa shape index (κ2) is 12.5. The molecule has 12 heteroatoms. The lowest BCUT2D eigenvalue weighted by atomic mass is 9.51. The Morgan fingerprint density at radius 2 is 1.79 bits per heavy atom. The van der Waals surface area contributed by atoms with E-state index in [2.05, 4.69) is 0 Å². The fraction of sp³-hybridized carbons (Fsp3) is 0.295. The molecule has 3 aliphatic heterocycles. The first-order chi connectivity index (χ1) is 26.9. The van der Waals surface area contributed by atoms with Crippen LogP contribution in [0.4, 0.5) is 5.82 Å². The van der Waals surface area contributed by atoms with Crippen LogP contribution in [0.15, 0.2) is 96.3 Å². The monoisotopic (exact) mass is 784 g/mol. The number of halogens is 1. The van der Waals surface area contributed by atoms with Crippen LogP contribution < -0.4 is 9.64 Å². The number of carbonyl (C=O) groups is 4. The van der Waals surface area contributed by atoms with Gasteiger partial charge in [-0.3, -0.25) is 28.8 Å². The van der Waals surface area contributed by atoms with Gasteiger partial charge in [0.1, 0.15) is 23.0 Å². The minimum absolute atomic E-state index is 0.0924. The maximum atomic E-state index is 15.2. The number of thiophene rings is 1. The number of hydrogen-bond donors (Lipinski definition) is 1. The number of aromatic nitrogens is 2. The van der Waals surface area contributed by atoms with Crippen molar-refractivity contribution in [2.75, 3.05) is 4.90 Å². The molecule has 6 atom stereocenters. The molecule has 0 bridgehead atoms. The number of fused-ring (bicyclic) bond motifs is 6. The molecule has 1 N–H and O–H groups in total. The smallest absolute Gasteiger partial charge is 0.242 e. The molecule has 10 rings (SSSR count). The van der Waals surface area contributed by atoms with Gasteiger partial charge in [-0.05, 0) is 91.1 Å². The third-order valence-corrected chi connectivity index (χ3v) is 14.4. The Bertz CT molecular complexity index is 2630. The van der Waals surface area contributed by atoms with Gasteiger partial charge in [-0.15, -0.1) is 11.3 Å². The number of benzene rings is 3. The number of likely N-dealkylation sites (tertiary alicyclic amines) is 1. The molecule has 0 spiro atoms. The summed E-state index contributed by atoms with van der Waals surface area (Å²) in [6.45, 7) is 4.06. The number of aromatic hydroxyl groups is 1. The molecular formula is C44H37ClN4O6S. The van der Waals surface area contributed by atoms with Gasteiger partial charge in [0.2, 0.25) is 23.6 Å². The van der Waals surface area contributed by atoms with Crippen molar-refractivity contribution in [2.45, 2.75) is 39.7 Å². The number of nitrogens with zero attached hydrogens (tertiary/aromatic N) is 4. The highest BCUT2D eigenvalue weighted by Crippen LogP contribution is 2.63. The van der Waals surface area contributed by atoms with E-state index >= 15 is 4.79 Å².